The normalized spacial score (nSPS) is 20.3. The lowest BCUT2D eigenvalue weighted by atomic mass is 10.2. The number of rotatable bonds is 3. The second kappa shape index (κ2) is 7.22. The SMILES string of the molecule is C[C@H]1CNCCN1c1ncnc2c1c(N1CCCC1)cn2-c1cc(Cl)ccn1. The fraction of sp³-hybridized carbons (Fsp3) is 0.450. The molecular weight excluding hydrogens is 374 g/mol. The van der Waals surface area contributed by atoms with Crippen molar-refractivity contribution >= 4 is 34.1 Å². The number of nitrogens with one attached hydrogen (secondary N) is 1. The molecule has 28 heavy (non-hydrogen) atoms. The molecule has 3 aromatic heterocycles. The van der Waals surface area contributed by atoms with Crippen LogP contribution in [0, 0.1) is 0 Å². The summed E-state index contributed by atoms with van der Waals surface area (Å²) >= 11 is 6.24. The van der Waals surface area contributed by atoms with Gasteiger partial charge in [-0.05, 0) is 25.8 Å². The van der Waals surface area contributed by atoms with Gasteiger partial charge in [0.15, 0.2) is 5.65 Å². The van der Waals surface area contributed by atoms with Crippen LogP contribution in [0.2, 0.25) is 5.02 Å². The summed E-state index contributed by atoms with van der Waals surface area (Å²) < 4.78 is 2.05. The van der Waals surface area contributed by atoms with Crippen LogP contribution in [-0.2, 0) is 0 Å². The molecule has 146 valence electrons. The predicted octanol–water partition coefficient (Wildman–Crippen LogP) is 2.87. The standard InChI is InChI=1S/C20H24ClN7/c1-14-11-22-6-9-27(14)19-18-16(26-7-2-3-8-26)12-28(20(18)25-13-24-19)17-10-15(21)4-5-23-17/h4-5,10,12-14,22H,2-3,6-9,11H2,1H3/t14-/m0/s1. The quantitative estimate of drug-likeness (QED) is 0.733. The van der Waals surface area contributed by atoms with Crippen molar-refractivity contribution in [1.82, 2.24) is 24.8 Å². The maximum Gasteiger partial charge on any atom is 0.153 e. The molecule has 7 nitrogen and oxygen atoms in total. The van der Waals surface area contributed by atoms with Gasteiger partial charge in [-0.3, -0.25) is 4.57 Å². The lowest BCUT2D eigenvalue weighted by molar-refractivity contribution is 0.498. The van der Waals surface area contributed by atoms with E-state index in [0.717, 1.165) is 55.4 Å². The van der Waals surface area contributed by atoms with E-state index in [9.17, 15) is 0 Å². The van der Waals surface area contributed by atoms with Crippen molar-refractivity contribution in [1.29, 1.82) is 0 Å². The minimum Gasteiger partial charge on any atom is -0.370 e. The second-order valence-electron chi connectivity index (χ2n) is 7.55. The van der Waals surface area contributed by atoms with E-state index in [0.29, 0.717) is 11.1 Å². The van der Waals surface area contributed by atoms with Crippen LogP contribution >= 0.6 is 11.6 Å². The lowest BCUT2D eigenvalue weighted by Crippen LogP contribution is -2.50. The molecule has 2 aliphatic rings. The highest BCUT2D eigenvalue weighted by Crippen LogP contribution is 2.38. The Balaban J connectivity index is 1.73. The summed E-state index contributed by atoms with van der Waals surface area (Å²) in [6.45, 7) is 7.23. The Morgan fingerprint density at radius 3 is 2.79 bits per heavy atom. The van der Waals surface area contributed by atoms with E-state index >= 15 is 0 Å². The molecule has 5 rings (SSSR count). The lowest BCUT2D eigenvalue weighted by Gasteiger charge is -2.35. The first-order valence-electron chi connectivity index (χ1n) is 9.92. The number of pyridine rings is 1. The molecule has 5 heterocycles. The molecule has 2 fully saturated rings. The Labute approximate surface area is 169 Å². The average Bonchev–Trinajstić information content (AvgIpc) is 3.36. The first-order valence-corrected chi connectivity index (χ1v) is 10.3. The fourth-order valence-electron chi connectivity index (χ4n) is 4.30. The van der Waals surface area contributed by atoms with E-state index in [-0.39, 0.29) is 0 Å². The van der Waals surface area contributed by atoms with Crippen LogP contribution in [0.3, 0.4) is 0 Å². The number of halogens is 1. The van der Waals surface area contributed by atoms with Crippen molar-refractivity contribution in [2.75, 3.05) is 42.5 Å². The topological polar surface area (TPSA) is 62.1 Å². The number of hydrogen-bond acceptors (Lipinski definition) is 6. The van der Waals surface area contributed by atoms with Gasteiger partial charge in [0.2, 0.25) is 0 Å². The van der Waals surface area contributed by atoms with Gasteiger partial charge < -0.3 is 15.1 Å². The Hall–Kier alpha value is -2.38. The number of nitrogens with zero attached hydrogens (tertiary/aromatic N) is 6. The van der Waals surface area contributed by atoms with Gasteiger partial charge in [0.25, 0.3) is 0 Å². The average molecular weight is 398 g/mol. The number of hydrogen-bond donors (Lipinski definition) is 1. The molecule has 0 bridgehead atoms. The van der Waals surface area contributed by atoms with Gasteiger partial charge in [0.1, 0.15) is 18.0 Å². The molecule has 1 atom stereocenters. The molecule has 8 heteroatoms. The third-order valence-corrected chi connectivity index (χ3v) is 5.95. The molecule has 0 unspecified atom stereocenters. The van der Waals surface area contributed by atoms with Gasteiger partial charge in [-0.1, -0.05) is 11.6 Å². The van der Waals surface area contributed by atoms with E-state index in [1.807, 2.05) is 10.6 Å². The maximum absolute atomic E-state index is 6.24. The van der Waals surface area contributed by atoms with E-state index in [1.54, 1.807) is 18.6 Å². The number of fused-ring (bicyclic) bond motifs is 1. The van der Waals surface area contributed by atoms with Gasteiger partial charge in [0.05, 0.1) is 11.1 Å². The molecule has 0 spiro atoms. The highest BCUT2D eigenvalue weighted by Gasteiger charge is 2.27. The summed E-state index contributed by atoms with van der Waals surface area (Å²) in [5, 5.41) is 5.24. The first kappa shape index (κ1) is 17.7. The third-order valence-electron chi connectivity index (χ3n) is 5.72. The van der Waals surface area contributed by atoms with Crippen molar-refractivity contribution in [3.05, 3.63) is 35.9 Å². The van der Waals surface area contributed by atoms with Crippen LogP contribution in [0.25, 0.3) is 16.9 Å². The number of anilines is 2. The van der Waals surface area contributed by atoms with Crippen molar-refractivity contribution < 1.29 is 0 Å². The molecule has 1 N–H and O–H groups in total. The Bertz CT molecular complexity index is 995. The van der Waals surface area contributed by atoms with Crippen molar-refractivity contribution in [2.24, 2.45) is 0 Å². The highest BCUT2D eigenvalue weighted by atomic mass is 35.5. The van der Waals surface area contributed by atoms with Crippen molar-refractivity contribution in [3.63, 3.8) is 0 Å². The zero-order valence-electron chi connectivity index (χ0n) is 16.0. The maximum atomic E-state index is 6.24. The Morgan fingerprint density at radius 2 is 2.00 bits per heavy atom. The van der Waals surface area contributed by atoms with Crippen LogP contribution in [0.1, 0.15) is 19.8 Å². The van der Waals surface area contributed by atoms with E-state index in [2.05, 4.69) is 38.2 Å². The van der Waals surface area contributed by atoms with Gasteiger partial charge in [-0.15, -0.1) is 0 Å². The summed E-state index contributed by atoms with van der Waals surface area (Å²) in [7, 11) is 0. The van der Waals surface area contributed by atoms with Gasteiger partial charge in [0, 0.05) is 62.2 Å². The molecule has 3 aromatic rings. The predicted molar refractivity (Wildman–Crippen MR) is 113 cm³/mol. The molecule has 0 radical (unpaired) electrons. The fourth-order valence-corrected chi connectivity index (χ4v) is 4.45. The van der Waals surface area contributed by atoms with Crippen LogP contribution in [-0.4, -0.2) is 58.3 Å². The minimum atomic E-state index is 0.380. The van der Waals surface area contributed by atoms with Crippen LogP contribution in [0.15, 0.2) is 30.9 Å². The third kappa shape index (κ3) is 2.99. The summed E-state index contributed by atoms with van der Waals surface area (Å²) in [6, 6.07) is 4.05. The van der Waals surface area contributed by atoms with E-state index in [4.69, 9.17) is 16.6 Å². The van der Waals surface area contributed by atoms with Gasteiger partial charge >= 0.3 is 0 Å². The molecule has 0 aromatic carbocycles. The number of aromatic nitrogens is 4. The summed E-state index contributed by atoms with van der Waals surface area (Å²) in [5.41, 5.74) is 2.07. The summed E-state index contributed by atoms with van der Waals surface area (Å²) in [5.74, 6) is 1.79. The van der Waals surface area contributed by atoms with E-state index < -0.39 is 0 Å². The summed E-state index contributed by atoms with van der Waals surface area (Å²) in [6.07, 6.45) is 7.99. The van der Waals surface area contributed by atoms with E-state index in [1.165, 1.54) is 18.5 Å². The largest absolute Gasteiger partial charge is 0.370 e. The van der Waals surface area contributed by atoms with Crippen LogP contribution in [0.5, 0.6) is 0 Å². The number of piperazine rings is 1. The smallest absolute Gasteiger partial charge is 0.153 e. The molecular formula is C20H24ClN7. The highest BCUT2D eigenvalue weighted by molar-refractivity contribution is 6.30. The molecule has 2 saturated heterocycles. The molecule has 0 amide bonds. The van der Waals surface area contributed by atoms with Crippen molar-refractivity contribution in [2.45, 2.75) is 25.8 Å². The Kier molecular flexibility index (Phi) is 4.56. The second-order valence-corrected chi connectivity index (χ2v) is 7.99. The van der Waals surface area contributed by atoms with Crippen LogP contribution < -0.4 is 15.1 Å². The zero-order valence-corrected chi connectivity index (χ0v) is 16.7. The molecule has 0 saturated carbocycles. The van der Waals surface area contributed by atoms with Crippen molar-refractivity contribution in [3.8, 4) is 5.82 Å². The van der Waals surface area contributed by atoms with Gasteiger partial charge in [-0.2, -0.15) is 0 Å². The Morgan fingerprint density at radius 1 is 1.14 bits per heavy atom. The van der Waals surface area contributed by atoms with Gasteiger partial charge in [-0.25, -0.2) is 15.0 Å². The molecule has 0 aliphatic carbocycles. The van der Waals surface area contributed by atoms with Crippen LogP contribution in [0.4, 0.5) is 11.5 Å². The monoisotopic (exact) mass is 397 g/mol. The zero-order chi connectivity index (χ0) is 19.1. The summed E-state index contributed by atoms with van der Waals surface area (Å²) in [4.78, 5) is 18.8. The minimum absolute atomic E-state index is 0.380. The molecule has 2 aliphatic heterocycles. The first-order chi connectivity index (χ1) is 13.7.